The number of carbonyl (C=O) groups excluding carboxylic acids is 1. The molecule has 1 fully saturated rings. The van der Waals surface area contributed by atoms with Gasteiger partial charge in [0, 0.05) is 34.7 Å². The highest BCUT2D eigenvalue weighted by Gasteiger charge is 2.23. The lowest BCUT2D eigenvalue weighted by molar-refractivity contribution is 0.102. The van der Waals surface area contributed by atoms with E-state index in [-0.39, 0.29) is 17.4 Å². The van der Waals surface area contributed by atoms with E-state index in [2.05, 4.69) is 25.7 Å². The van der Waals surface area contributed by atoms with Gasteiger partial charge in [-0.2, -0.15) is 14.9 Å². The summed E-state index contributed by atoms with van der Waals surface area (Å²) in [5, 5.41) is 15.1. The number of pyridine rings is 1. The summed E-state index contributed by atoms with van der Waals surface area (Å²) in [6.45, 7) is -0.443. The van der Waals surface area contributed by atoms with Gasteiger partial charge in [-0.05, 0) is 50.5 Å². The largest absolute Gasteiger partial charge is 0.317 e. The maximum Gasteiger partial charge on any atom is 0.262 e. The number of amides is 1. The number of fused-ring (bicyclic) bond motifs is 1. The van der Waals surface area contributed by atoms with Crippen molar-refractivity contribution in [1.82, 2.24) is 34.7 Å². The topological polar surface area (TPSA) is 102 Å². The molecule has 4 aromatic rings. The van der Waals surface area contributed by atoms with Crippen LogP contribution in [0.3, 0.4) is 0 Å². The molecular formula is C21H22N8O. The van der Waals surface area contributed by atoms with E-state index in [0.717, 1.165) is 31.6 Å². The van der Waals surface area contributed by atoms with E-state index >= 15 is 0 Å². The van der Waals surface area contributed by atoms with Crippen LogP contribution < -0.4 is 10.6 Å². The summed E-state index contributed by atoms with van der Waals surface area (Å²) in [5.41, 5.74) is 1.77. The first-order valence-electron chi connectivity index (χ1n) is 11.3. The van der Waals surface area contributed by atoms with Crippen molar-refractivity contribution in [3.8, 4) is 5.82 Å². The number of nitrogens with zero attached hydrogens (tertiary/aromatic N) is 6. The molecule has 1 saturated heterocycles. The first-order chi connectivity index (χ1) is 15.9. The zero-order chi connectivity index (χ0) is 23.0. The lowest BCUT2D eigenvalue weighted by atomic mass is 9.95. The summed E-state index contributed by atoms with van der Waals surface area (Å²) in [6, 6.07) is 6.68. The van der Waals surface area contributed by atoms with E-state index in [1.165, 1.54) is 27.7 Å². The molecule has 152 valence electrons. The molecule has 9 heteroatoms. The van der Waals surface area contributed by atoms with Crippen LogP contribution in [0.15, 0.2) is 49.1 Å². The molecule has 0 aromatic carbocycles. The van der Waals surface area contributed by atoms with Crippen LogP contribution >= 0.6 is 0 Å². The van der Waals surface area contributed by atoms with Crippen LogP contribution in [-0.4, -0.2) is 48.4 Å². The Bertz CT molecular complexity index is 1290. The quantitative estimate of drug-likeness (QED) is 0.540. The van der Waals surface area contributed by atoms with Crippen molar-refractivity contribution in [1.29, 1.82) is 0 Å². The molecule has 1 aliphatic rings. The summed E-state index contributed by atoms with van der Waals surface area (Å²) in [7, 11) is 0. The molecule has 2 N–H and O–H groups in total. The minimum atomic E-state index is -2.25. The second-order valence-electron chi connectivity index (χ2n) is 7.20. The molecule has 0 radical (unpaired) electrons. The fourth-order valence-corrected chi connectivity index (χ4v) is 3.66. The standard InChI is InChI=1S/C21H22N8O/c1-14-3-4-18(24-12-14)29-19(11-17(27-29)15-5-8-22-9-6-15)26-21(30)16-13-25-28-10-2-7-23-20(16)28/h2-4,7,10-13,15,22H,5-6,8-9H2,1H3,(H,26,30)/i1D3. The molecule has 9 nitrogen and oxygen atoms in total. The van der Waals surface area contributed by atoms with Crippen LogP contribution in [0.25, 0.3) is 11.5 Å². The molecule has 0 spiro atoms. The van der Waals surface area contributed by atoms with Gasteiger partial charge >= 0.3 is 0 Å². The third-order valence-electron chi connectivity index (χ3n) is 5.22. The van der Waals surface area contributed by atoms with Crippen LogP contribution in [0.2, 0.25) is 0 Å². The molecule has 5 rings (SSSR count). The van der Waals surface area contributed by atoms with Crippen LogP contribution in [0, 0.1) is 6.85 Å². The molecular weight excluding hydrogens is 380 g/mol. The van der Waals surface area contributed by atoms with Crippen molar-refractivity contribution in [2.45, 2.75) is 25.6 Å². The molecule has 0 bridgehead atoms. The van der Waals surface area contributed by atoms with Gasteiger partial charge in [-0.25, -0.2) is 14.5 Å². The predicted molar refractivity (Wildman–Crippen MR) is 112 cm³/mol. The molecule has 0 atom stereocenters. The molecule has 0 saturated carbocycles. The van der Waals surface area contributed by atoms with Gasteiger partial charge in [0.15, 0.2) is 11.5 Å². The van der Waals surface area contributed by atoms with Crippen molar-refractivity contribution in [2.24, 2.45) is 0 Å². The fourth-order valence-electron chi connectivity index (χ4n) is 3.66. The summed E-state index contributed by atoms with van der Waals surface area (Å²) in [5.74, 6) is 0.735. The molecule has 5 heterocycles. The van der Waals surface area contributed by atoms with Gasteiger partial charge in [-0.1, -0.05) is 6.07 Å². The minimum absolute atomic E-state index is 0.139. The molecule has 4 aromatic heterocycles. The normalized spacial score (nSPS) is 16.7. The van der Waals surface area contributed by atoms with Crippen LogP contribution in [0.4, 0.5) is 5.82 Å². The van der Waals surface area contributed by atoms with Gasteiger partial charge in [-0.3, -0.25) is 4.79 Å². The number of rotatable bonds is 4. The Balaban J connectivity index is 1.51. The third-order valence-corrected chi connectivity index (χ3v) is 5.22. The minimum Gasteiger partial charge on any atom is -0.317 e. The first kappa shape index (κ1) is 15.3. The Morgan fingerprint density at radius 3 is 2.97 bits per heavy atom. The van der Waals surface area contributed by atoms with Crippen molar-refractivity contribution in [3.05, 3.63) is 65.9 Å². The van der Waals surface area contributed by atoms with Gasteiger partial charge < -0.3 is 10.6 Å². The Morgan fingerprint density at radius 2 is 2.17 bits per heavy atom. The van der Waals surface area contributed by atoms with Crippen molar-refractivity contribution in [2.75, 3.05) is 18.4 Å². The predicted octanol–water partition coefficient (Wildman–Crippen LogP) is 2.34. The van der Waals surface area contributed by atoms with E-state index in [4.69, 9.17) is 9.21 Å². The van der Waals surface area contributed by atoms with Gasteiger partial charge in [0.2, 0.25) is 0 Å². The van der Waals surface area contributed by atoms with Gasteiger partial charge in [0.05, 0.1) is 11.9 Å². The Hall–Kier alpha value is -3.59. The summed E-state index contributed by atoms with van der Waals surface area (Å²) in [4.78, 5) is 21.6. The summed E-state index contributed by atoms with van der Waals surface area (Å²) < 4.78 is 25.8. The number of hydrogen-bond donors (Lipinski definition) is 2. The number of piperidine rings is 1. The Morgan fingerprint density at radius 1 is 1.27 bits per heavy atom. The highest BCUT2D eigenvalue weighted by molar-refractivity contribution is 6.07. The number of nitrogens with one attached hydrogen (secondary N) is 2. The van der Waals surface area contributed by atoms with E-state index in [0.29, 0.717) is 22.8 Å². The maximum atomic E-state index is 13.1. The van der Waals surface area contributed by atoms with Crippen LogP contribution in [-0.2, 0) is 0 Å². The molecule has 1 aliphatic heterocycles. The van der Waals surface area contributed by atoms with Gasteiger partial charge in [0.1, 0.15) is 11.4 Å². The number of aryl methyl sites for hydroxylation is 1. The zero-order valence-corrected chi connectivity index (χ0v) is 16.1. The maximum absolute atomic E-state index is 13.1. The summed E-state index contributed by atoms with van der Waals surface area (Å²) in [6.07, 6.45) is 7.98. The van der Waals surface area contributed by atoms with Gasteiger partial charge in [-0.15, -0.1) is 0 Å². The van der Waals surface area contributed by atoms with Gasteiger partial charge in [0.25, 0.3) is 5.91 Å². The van der Waals surface area contributed by atoms with E-state index in [1.807, 2.05) is 6.07 Å². The monoisotopic (exact) mass is 405 g/mol. The van der Waals surface area contributed by atoms with Crippen molar-refractivity contribution in [3.63, 3.8) is 0 Å². The molecule has 0 aliphatic carbocycles. The fraction of sp³-hybridized carbons (Fsp3) is 0.286. The number of carbonyl (C=O) groups is 1. The zero-order valence-electron chi connectivity index (χ0n) is 19.1. The van der Waals surface area contributed by atoms with E-state index < -0.39 is 6.85 Å². The smallest absolute Gasteiger partial charge is 0.262 e. The van der Waals surface area contributed by atoms with Crippen LogP contribution in [0.1, 0.15) is 44.5 Å². The number of anilines is 1. The first-order valence-corrected chi connectivity index (χ1v) is 9.77. The average molecular weight is 405 g/mol. The Kier molecular flexibility index (Phi) is 3.91. The molecule has 0 unspecified atom stereocenters. The third kappa shape index (κ3) is 3.43. The van der Waals surface area contributed by atoms with E-state index in [1.54, 1.807) is 24.5 Å². The molecule has 1 amide bonds. The van der Waals surface area contributed by atoms with Crippen molar-refractivity contribution < 1.29 is 8.91 Å². The van der Waals surface area contributed by atoms with Crippen LogP contribution in [0.5, 0.6) is 0 Å². The number of aromatic nitrogens is 6. The molecule has 30 heavy (non-hydrogen) atoms. The highest BCUT2D eigenvalue weighted by atomic mass is 16.1. The lowest BCUT2D eigenvalue weighted by Crippen LogP contribution is -2.26. The SMILES string of the molecule is [2H]C([2H])([2H])c1ccc(-n2nc(C3CCNCC3)cc2NC(=O)c2cnn3cccnc23)nc1. The average Bonchev–Trinajstić information content (AvgIpc) is 3.44. The summed E-state index contributed by atoms with van der Waals surface area (Å²) >= 11 is 0. The second-order valence-corrected chi connectivity index (χ2v) is 7.20. The number of hydrogen-bond acceptors (Lipinski definition) is 6. The van der Waals surface area contributed by atoms with Crippen molar-refractivity contribution >= 4 is 17.4 Å². The van der Waals surface area contributed by atoms with E-state index in [9.17, 15) is 4.79 Å². The Labute approximate surface area is 177 Å². The lowest BCUT2D eigenvalue weighted by Gasteiger charge is -2.20. The second kappa shape index (κ2) is 7.68. The highest BCUT2D eigenvalue weighted by Crippen LogP contribution is 2.28.